The van der Waals surface area contributed by atoms with E-state index in [1.165, 1.54) is 18.6 Å². The first kappa shape index (κ1) is 20.9. The number of aromatic nitrogens is 2. The molecule has 3 aromatic rings. The lowest BCUT2D eigenvalue weighted by Gasteiger charge is -2.27. The van der Waals surface area contributed by atoms with Gasteiger partial charge in [0, 0.05) is 19.2 Å². The van der Waals surface area contributed by atoms with Crippen LogP contribution < -0.4 is 10.6 Å². The summed E-state index contributed by atoms with van der Waals surface area (Å²) in [5.74, 6) is 0.0347. The van der Waals surface area contributed by atoms with Gasteiger partial charge >= 0.3 is 0 Å². The van der Waals surface area contributed by atoms with Gasteiger partial charge in [-0.25, -0.2) is 9.37 Å². The highest BCUT2D eigenvalue weighted by molar-refractivity contribution is 6.39. The maximum Gasteiger partial charge on any atom is 0.254 e. The first-order valence-electron chi connectivity index (χ1n) is 10.0. The van der Waals surface area contributed by atoms with Crippen LogP contribution in [0.5, 0.6) is 0 Å². The molecule has 5 nitrogen and oxygen atoms in total. The van der Waals surface area contributed by atoms with Crippen LogP contribution in [0.1, 0.15) is 43.0 Å². The van der Waals surface area contributed by atoms with E-state index in [0.29, 0.717) is 38.6 Å². The Labute approximate surface area is 184 Å². The summed E-state index contributed by atoms with van der Waals surface area (Å²) in [5, 5.41) is 6.98. The van der Waals surface area contributed by atoms with Gasteiger partial charge in [0.2, 0.25) is 5.95 Å². The van der Waals surface area contributed by atoms with E-state index in [2.05, 4.69) is 22.5 Å². The highest BCUT2D eigenvalue weighted by atomic mass is 35.5. The highest BCUT2D eigenvalue weighted by Crippen LogP contribution is 2.33. The van der Waals surface area contributed by atoms with Crippen molar-refractivity contribution in [3.63, 3.8) is 0 Å². The van der Waals surface area contributed by atoms with Crippen LogP contribution >= 0.6 is 23.2 Å². The molecule has 8 heteroatoms. The van der Waals surface area contributed by atoms with Crippen molar-refractivity contribution in [1.29, 1.82) is 0 Å². The van der Waals surface area contributed by atoms with Crippen LogP contribution in [0.25, 0.3) is 11.0 Å². The first-order valence-corrected chi connectivity index (χ1v) is 10.8. The number of para-hydroxylation sites is 1. The van der Waals surface area contributed by atoms with Crippen molar-refractivity contribution in [3.05, 3.63) is 51.8 Å². The quantitative estimate of drug-likeness (QED) is 0.508. The van der Waals surface area contributed by atoms with E-state index in [1.54, 1.807) is 29.8 Å². The average Bonchev–Trinajstić information content (AvgIpc) is 2.99. The van der Waals surface area contributed by atoms with Crippen molar-refractivity contribution in [2.24, 2.45) is 13.0 Å². The number of hydrogen-bond donors (Lipinski definition) is 2. The van der Waals surface area contributed by atoms with Gasteiger partial charge in [-0.15, -0.1) is 0 Å². The van der Waals surface area contributed by atoms with Gasteiger partial charge < -0.3 is 15.2 Å². The normalized spacial score (nSPS) is 19.1. The van der Waals surface area contributed by atoms with E-state index in [1.807, 2.05) is 0 Å². The molecule has 0 aliphatic heterocycles. The predicted molar refractivity (Wildman–Crippen MR) is 119 cm³/mol. The van der Waals surface area contributed by atoms with Crippen LogP contribution in [0.2, 0.25) is 10.0 Å². The van der Waals surface area contributed by atoms with Crippen LogP contribution in [0.15, 0.2) is 30.3 Å². The van der Waals surface area contributed by atoms with Crippen LogP contribution in [0.4, 0.5) is 16.0 Å². The van der Waals surface area contributed by atoms with Crippen molar-refractivity contribution < 1.29 is 9.18 Å². The number of halogens is 3. The minimum atomic E-state index is -0.575. The zero-order valence-corrected chi connectivity index (χ0v) is 18.3. The number of rotatable bonds is 4. The zero-order valence-electron chi connectivity index (χ0n) is 16.8. The van der Waals surface area contributed by atoms with Gasteiger partial charge in [-0.3, -0.25) is 4.79 Å². The summed E-state index contributed by atoms with van der Waals surface area (Å²) >= 11 is 12.5. The number of hydrogen-bond acceptors (Lipinski definition) is 3. The highest BCUT2D eigenvalue weighted by Gasteiger charge is 2.23. The molecule has 1 fully saturated rings. The Morgan fingerprint density at radius 2 is 1.97 bits per heavy atom. The molecule has 4 rings (SSSR count). The Hall–Kier alpha value is -2.31. The van der Waals surface area contributed by atoms with Crippen molar-refractivity contribution in [2.75, 3.05) is 5.32 Å². The molecule has 1 aliphatic rings. The lowest BCUT2D eigenvalue weighted by atomic mass is 9.87. The zero-order chi connectivity index (χ0) is 21.4. The van der Waals surface area contributed by atoms with Crippen molar-refractivity contribution in [1.82, 2.24) is 14.9 Å². The van der Waals surface area contributed by atoms with Crippen molar-refractivity contribution in [3.8, 4) is 0 Å². The van der Waals surface area contributed by atoms with Gasteiger partial charge in [0.1, 0.15) is 5.82 Å². The molecule has 2 N–H and O–H groups in total. The van der Waals surface area contributed by atoms with Crippen molar-refractivity contribution >= 4 is 51.8 Å². The number of nitrogens with one attached hydrogen (secondary N) is 2. The maximum absolute atomic E-state index is 14.8. The maximum atomic E-state index is 14.8. The van der Waals surface area contributed by atoms with Gasteiger partial charge in [-0.2, -0.15) is 0 Å². The molecule has 0 bridgehead atoms. The molecule has 2 atom stereocenters. The first-order chi connectivity index (χ1) is 14.3. The fraction of sp³-hybridized carbons (Fsp3) is 0.364. The van der Waals surface area contributed by atoms with E-state index in [-0.39, 0.29) is 11.6 Å². The van der Waals surface area contributed by atoms with Crippen LogP contribution in [0, 0.1) is 11.7 Å². The molecule has 0 unspecified atom stereocenters. The Bertz CT molecular complexity index is 1090. The largest absolute Gasteiger partial charge is 0.349 e. The van der Waals surface area contributed by atoms with E-state index >= 15 is 0 Å². The molecule has 1 amide bonds. The second-order valence-corrected chi connectivity index (χ2v) is 8.79. The summed E-state index contributed by atoms with van der Waals surface area (Å²) in [4.78, 5) is 17.2. The second-order valence-electron chi connectivity index (χ2n) is 7.98. The number of imidazole rings is 1. The summed E-state index contributed by atoms with van der Waals surface area (Å²) in [6.07, 6.45) is 4.10. The number of fused-ring (bicyclic) bond motifs is 1. The number of carbonyl (C=O) groups is 1. The fourth-order valence-corrected chi connectivity index (χ4v) is 4.55. The number of amides is 1. The van der Waals surface area contributed by atoms with Gasteiger partial charge in [0.05, 0.1) is 32.3 Å². The molecular formula is C22H23Cl2FN4O. The molecule has 0 saturated heterocycles. The Morgan fingerprint density at radius 1 is 1.23 bits per heavy atom. The molecule has 2 aromatic carbocycles. The minimum Gasteiger partial charge on any atom is -0.349 e. The van der Waals surface area contributed by atoms with E-state index in [4.69, 9.17) is 23.2 Å². The smallest absolute Gasteiger partial charge is 0.254 e. The summed E-state index contributed by atoms with van der Waals surface area (Å²) in [5.41, 5.74) is 1.58. The summed E-state index contributed by atoms with van der Waals surface area (Å²) in [6, 6.07) is 8.09. The SMILES string of the molecule is C[C@@H]1CCC[C@@H](NC(=O)c2cc3nc(Nc4c(Cl)cccc4Cl)n(C)c3cc2F)C1. The minimum absolute atomic E-state index is 0.00107. The predicted octanol–water partition coefficient (Wildman–Crippen LogP) is 6.07. The van der Waals surface area contributed by atoms with E-state index in [9.17, 15) is 9.18 Å². The topological polar surface area (TPSA) is 59.0 Å². The van der Waals surface area contributed by atoms with Gasteiger partial charge in [0.15, 0.2) is 0 Å². The third kappa shape index (κ3) is 4.12. The lowest BCUT2D eigenvalue weighted by molar-refractivity contribution is 0.0917. The molecule has 1 aliphatic carbocycles. The molecule has 1 aromatic heterocycles. The second kappa shape index (κ2) is 8.44. The van der Waals surface area contributed by atoms with Gasteiger partial charge in [0.25, 0.3) is 5.91 Å². The fourth-order valence-electron chi connectivity index (χ4n) is 4.06. The summed E-state index contributed by atoms with van der Waals surface area (Å²) < 4.78 is 16.5. The van der Waals surface area contributed by atoms with Crippen LogP contribution in [0.3, 0.4) is 0 Å². The van der Waals surface area contributed by atoms with Crippen LogP contribution in [-0.2, 0) is 7.05 Å². The number of aryl methyl sites for hydroxylation is 1. The Morgan fingerprint density at radius 3 is 2.67 bits per heavy atom. The summed E-state index contributed by atoms with van der Waals surface area (Å²) in [7, 11) is 1.75. The number of anilines is 2. The molecule has 30 heavy (non-hydrogen) atoms. The molecular weight excluding hydrogens is 426 g/mol. The van der Waals surface area contributed by atoms with Crippen molar-refractivity contribution in [2.45, 2.75) is 38.6 Å². The van der Waals surface area contributed by atoms with Crippen LogP contribution in [-0.4, -0.2) is 21.5 Å². The summed E-state index contributed by atoms with van der Waals surface area (Å²) in [6.45, 7) is 2.18. The number of benzene rings is 2. The molecule has 0 spiro atoms. The standard InChI is InChI=1S/C22H23Cl2FN4O/c1-12-5-3-6-13(9-12)26-21(30)14-10-18-19(11-17(14)25)29(2)22(27-18)28-20-15(23)7-4-8-16(20)24/h4,7-8,10-13H,3,5-6,9H2,1-2H3,(H,26,30)(H,27,28)/t12-,13-/m1/s1. The number of carbonyl (C=O) groups excluding carboxylic acids is 1. The monoisotopic (exact) mass is 448 g/mol. The van der Waals surface area contributed by atoms with Gasteiger partial charge in [-0.1, -0.05) is 49.0 Å². The van der Waals surface area contributed by atoms with Gasteiger partial charge in [-0.05, 0) is 37.0 Å². The number of nitrogens with zero attached hydrogens (tertiary/aromatic N) is 2. The average molecular weight is 449 g/mol. The van der Waals surface area contributed by atoms with E-state index in [0.717, 1.165) is 19.3 Å². The Kier molecular flexibility index (Phi) is 5.89. The molecule has 0 radical (unpaired) electrons. The Balaban J connectivity index is 1.63. The third-order valence-electron chi connectivity index (χ3n) is 5.69. The third-order valence-corrected chi connectivity index (χ3v) is 6.32. The lowest BCUT2D eigenvalue weighted by Crippen LogP contribution is -2.38. The molecule has 1 heterocycles. The molecule has 1 saturated carbocycles. The molecule has 158 valence electrons. The van der Waals surface area contributed by atoms with E-state index < -0.39 is 11.7 Å².